The first-order chi connectivity index (χ1) is 10.6. The van der Waals surface area contributed by atoms with Gasteiger partial charge in [-0.25, -0.2) is 9.97 Å². The molecule has 2 aromatic heterocycles. The minimum absolute atomic E-state index is 0.0458. The van der Waals surface area contributed by atoms with Crippen LogP contribution in [0.4, 0.5) is 5.82 Å². The Bertz CT molecular complexity index is 740. The molecule has 7 nitrogen and oxygen atoms in total. The first-order valence-electron chi connectivity index (χ1n) is 7.15. The van der Waals surface area contributed by atoms with Gasteiger partial charge in [0.1, 0.15) is 17.8 Å². The second-order valence-corrected chi connectivity index (χ2v) is 4.95. The molecule has 22 heavy (non-hydrogen) atoms. The number of hydrogen-bond donors (Lipinski definition) is 3. The third-order valence-corrected chi connectivity index (χ3v) is 3.49. The van der Waals surface area contributed by atoms with E-state index in [4.69, 9.17) is 11.5 Å². The van der Waals surface area contributed by atoms with E-state index in [9.17, 15) is 4.79 Å². The van der Waals surface area contributed by atoms with Crippen LogP contribution in [0.2, 0.25) is 0 Å². The van der Waals surface area contributed by atoms with Crippen molar-refractivity contribution in [3.8, 4) is 11.8 Å². The summed E-state index contributed by atoms with van der Waals surface area (Å²) in [5.41, 5.74) is 12.7. The molecule has 0 aliphatic carbocycles. The number of fused-ring (bicyclic) bond motifs is 1. The van der Waals surface area contributed by atoms with Gasteiger partial charge in [0.25, 0.3) is 0 Å². The van der Waals surface area contributed by atoms with Crippen molar-refractivity contribution in [1.29, 1.82) is 0 Å². The van der Waals surface area contributed by atoms with Crippen LogP contribution in [0.25, 0.3) is 11.0 Å². The fourth-order valence-electron chi connectivity index (χ4n) is 2.09. The van der Waals surface area contributed by atoms with Crippen LogP contribution in [-0.4, -0.2) is 33.5 Å². The van der Waals surface area contributed by atoms with Crippen LogP contribution in [0.5, 0.6) is 0 Å². The molecule has 1 unspecified atom stereocenters. The summed E-state index contributed by atoms with van der Waals surface area (Å²) in [6.07, 6.45) is 4.35. The van der Waals surface area contributed by atoms with E-state index in [1.54, 1.807) is 0 Å². The largest absolute Gasteiger partial charge is 0.383 e. The van der Waals surface area contributed by atoms with Crippen LogP contribution in [0.1, 0.15) is 31.9 Å². The lowest BCUT2D eigenvalue weighted by molar-refractivity contribution is -0.119. The van der Waals surface area contributed by atoms with Gasteiger partial charge in [0, 0.05) is 12.2 Å². The molecule has 7 heteroatoms. The predicted molar refractivity (Wildman–Crippen MR) is 85.9 cm³/mol. The van der Waals surface area contributed by atoms with Crippen LogP contribution in [0, 0.1) is 11.8 Å². The average Bonchev–Trinajstić information content (AvgIpc) is 2.90. The number of nitrogens with one attached hydrogen (secondary N) is 1. The zero-order valence-corrected chi connectivity index (χ0v) is 12.8. The molecule has 0 bridgehead atoms. The number of hydrogen-bond acceptors (Lipinski definition) is 5. The number of carbonyl (C=O) groups is 1. The molecule has 2 heterocycles. The smallest absolute Gasteiger partial charge is 0.234 e. The van der Waals surface area contributed by atoms with Crippen LogP contribution in [-0.2, 0) is 4.79 Å². The van der Waals surface area contributed by atoms with E-state index in [0.29, 0.717) is 5.82 Å². The quantitative estimate of drug-likeness (QED) is 0.708. The number of rotatable bonds is 4. The molecule has 2 rings (SSSR count). The van der Waals surface area contributed by atoms with Crippen LogP contribution >= 0.6 is 0 Å². The standard InChI is InChI=1S/C15H20N6O/c1-3-10(2)21-8-11(5-4-6-18-12(22)7-16)13-14(17)19-9-20-15(13)21/h8-10H,3,6-7,16H2,1-2H3,(H,18,22)(H2,17,19,20). The molecule has 0 aromatic carbocycles. The van der Waals surface area contributed by atoms with E-state index in [1.807, 2.05) is 6.20 Å². The maximum atomic E-state index is 11.1. The van der Waals surface area contributed by atoms with E-state index in [0.717, 1.165) is 23.0 Å². The van der Waals surface area contributed by atoms with Gasteiger partial charge >= 0.3 is 0 Å². The van der Waals surface area contributed by atoms with Crippen molar-refractivity contribution in [2.45, 2.75) is 26.3 Å². The second-order valence-electron chi connectivity index (χ2n) is 4.95. The van der Waals surface area contributed by atoms with Crippen molar-refractivity contribution in [3.05, 3.63) is 18.1 Å². The summed E-state index contributed by atoms with van der Waals surface area (Å²) in [6.45, 7) is 4.40. The monoisotopic (exact) mass is 300 g/mol. The summed E-state index contributed by atoms with van der Waals surface area (Å²) in [4.78, 5) is 19.4. The van der Waals surface area contributed by atoms with Gasteiger partial charge in [0.05, 0.1) is 24.0 Å². The lowest BCUT2D eigenvalue weighted by Gasteiger charge is -2.11. The normalized spacial score (nSPS) is 11.8. The van der Waals surface area contributed by atoms with Gasteiger partial charge in [-0.05, 0) is 13.3 Å². The molecular formula is C15H20N6O. The Morgan fingerprint density at radius 1 is 1.50 bits per heavy atom. The molecule has 116 valence electrons. The molecule has 0 aliphatic rings. The summed E-state index contributed by atoms with van der Waals surface area (Å²) in [5, 5.41) is 3.35. The Morgan fingerprint density at radius 3 is 2.95 bits per heavy atom. The third kappa shape index (κ3) is 3.18. The lowest BCUT2D eigenvalue weighted by atomic mass is 10.2. The van der Waals surface area contributed by atoms with Crippen molar-refractivity contribution >= 4 is 22.8 Å². The first-order valence-corrected chi connectivity index (χ1v) is 7.15. The fraction of sp³-hybridized carbons (Fsp3) is 0.400. The molecule has 0 radical (unpaired) electrons. The van der Waals surface area contributed by atoms with Gasteiger partial charge in [-0.15, -0.1) is 0 Å². The highest BCUT2D eigenvalue weighted by Gasteiger charge is 2.14. The number of aromatic nitrogens is 3. The van der Waals surface area contributed by atoms with Crippen molar-refractivity contribution < 1.29 is 4.79 Å². The Hall–Kier alpha value is -2.59. The minimum Gasteiger partial charge on any atom is -0.383 e. The van der Waals surface area contributed by atoms with Crippen LogP contribution in [0.3, 0.4) is 0 Å². The van der Waals surface area contributed by atoms with E-state index in [1.165, 1.54) is 6.33 Å². The third-order valence-electron chi connectivity index (χ3n) is 3.49. The highest BCUT2D eigenvalue weighted by atomic mass is 16.1. The highest BCUT2D eigenvalue weighted by Crippen LogP contribution is 2.26. The Balaban J connectivity index is 2.38. The maximum Gasteiger partial charge on any atom is 0.234 e. The Morgan fingerprint density at radius 2 is 2.27 bits per heavy atom. The van der Waals surface area contributed by atoms with Gasteiger partial charge in [-0.1, -0.05) is 18.8 Å². The minimum atomic E-state index is -0.237. The molecule has 1 atom stereocenters. The topological polar surface area (TPSA) is 112 Å². The summed E-state index contributed by atoms with van der Waals surface area (Å²) in [5.74, 6) is 6.08. The summed E-state index contributed by atoms with van der Waals surface area (Å²) >= 11 is 0. The number of carbonyl (C=O) groups excluding carboxylic acids is 1. The molecule has 0 spiro atoms. The molecule has 5 N–H and O–H groups in total. The average molecular weight is 300 g/mol. The molecule has 0 saturated heterocycles. The van der Waals surface area contributed by atoms with Gasteiger partial charge in [-0.2, -0.15) is 0 Å². The first kappa shape index (κ1) is 15.8. The molecule has 2 aromatic rings. The van der Waals surface area contributed by atoms with Crippen LogP contribution < -0.4 is 16.8 Å². The number of nitrogen functional groups attached to an aromatic ring is 1. The fourth-order valence-corrected chi connectivity index (χ4v) is 2.09. The predicted octanol–water partition coefficient (Wildman–Crippen LogP) is 0.411. The summed E-state index contributed by atoms with van der Waals surface area (Å²) < 4.78 is 2.05. The van der Waals surface area contributed by atoms with Gasteiger partial charge in [-0.3, -0.25) is 4.79 Å². The molecule has 0 fully saturated rings. The van der Waals surface area contributed by atoms with Crippen LogP contribution in [0.15, 0.2) is 12.5 Å². The number of amides is 1. The number of nitrogens with zero attached hydrogens (tertiary/aromatic N) is 3. The molecule has 0 saturated carbocycles. The summed E-state index contributed by atoms with van der Waals surface area (Å²) in [7, 11) is 0. The number of nitrogens with two attached hydrogens (primary N) is 2. The Kier molecular flexibility index (Phi) is 4.96. The van der Waals surface area contributed by atoms with Gasteiger partial charge in [0.15, 0.2) is 0 Å². The molecule has 0 aliphatic heterocycles. The molecular weight excluding hydrogens is 280 g/mol. The van der Waals surface area contributed by atoms with E-state index in [-0.39, 0.29) is 25.0 Å². The molecule has 1 amide bonds. The van der Waals surface area contributed by atoms with E-state index >= 15 is 0 Å². The Labute approximate surface area is 129 Å². The number of anilines is 1. The van der Waals surface area contributed by atoms with Gasteiger partial charge < -0.3 is 21.4 Å². The van der Waals surface area contributed by atoms with E-state index < -0.39 is 0 Å². The highest BCUT2D eigenvalue weighted by molar-refractivity contribution is 5.92. The maximum absolute atomic E-state index is 11.1. The second kappa shape index (κ2) is 6.91. The van der Waals surface area contributed by atoms with Crippen molar-refractivity contribution in [2.75, 3.05) is 18.8 Å². The van der Waals surface area contributed by atoms with E-state index in [2.05, 4.69) is 45.5 Å². The SMILES string of the molecule is CCC(C)n1cc(C#CCNC(=O)CN)c2c(N)ncnc21. The lowest BCUT2D eigenvalue weighted by Crippen LogP contribution is -2.30. The van der Waals surface area contributed by atoms with Crippen molar-refractivity contribution in [2.24, 2.45) is 5.73 Å². The summed E-state index contributed by atoms with van der Waals surface area (Å²) in [6, 6.07) is 0.282. The van der Waals surface area contributed by atoms with Gasteiger partial charge in [0.2, 0.25) is 5.91 Å². The zero-order valence-electron chi connectivity index (χ0n) is 12.8. The zero-order chi connectivity index (χ0) is 16.1. The van der Waals surface area contributed by atoms with Crippen molar-refractivity contribution in [3.63, 3.8) is 0 Å². The van der Waals surface area contributed by atoms with Crippen molar-refractivity contribution in [1.82, 2.24) is 19.9 Å².